The number of aryl methyl sites for hydroxylation is 1. The van der Waals surface area contributed by atoms with Crippen LogP contribution in [0.2, 0.25) is 0 Å². The molecule has 0 spiro atoms. The number of aromatic hydroxyl groups is 1. The van der Waals surface area contributed by atoms with Gasteiger partial charge in [0.25, 0.3) is 5.91 Å². The van der Waals surface area contributed by atoms with Gasteiger partial charge in [0.1, 0.15) is 17.1 Å². The monoisotopic (exact) mass is 357 g/mol. The Morgan fingerprint density at radius 1 is 1.12 bits per heavy atom. The number of nitrogens with one attached hydrogen (secondary N) is 1. The molecule has 0 bridgehead atoms. The van der Waals surface area contributed by atoms with Crippen molar-refractivity contribution in [1.82, 2.24) is 0 Å². The van der Waals surface area contributed by atoms with Crippen LogP contribution >= 0.6 is 0 Å². The molecule has 2 aromatic carbocycles. The summed E-state index contributed by atoms with van der Waals surface area (Å²) in [6, 6.07) is 9.63. The number of phenols is 1. The van der Waals surface area contributed by atoms with E-state index >= 15 is 0 Å². The zero-order valence-corrected chi connectivity index (χ0v) is 15.3. The summed E-state index contributed by atoms with van der Waals surface area (Å²) in [7, 11) is 0. The van der Waals surface area contributed by atoms with E-state index in [1.54, 1.807) is 0 Å². The molecular formula is C20H23NO5. The second-order valence-corrected chi connectivity index (χ2v) is 7.12. The van der Waals surface area contributed by atoms with E-state index in [0.29, 0.717) is 11.4 Å². The largest absolute Gasteiger partial charge is 0.507 e. The number of benzene rings is 2. The molecule has 6 heteroatoms. The molecule has 138 valence electrons. The minimum absolute atomic E-state index is 0.129. The number of carboxylic acids is 1. The summed E-state index contributed by atoms with van der Waals surface area (Å²) in [5.41, 5.74) is 2.06. The molecule has 0 atom stereocenters. The number of carboxylic acid groups (broad SMARTS) is 1. The van der Waals surface area contributed by atoms with Crippen LogP contribution in [0, 0.1) is 6.92 Å². The van der Waals surface area contributed by atoms with E-state index in [4.69, 9.17) is 9.84 Å². The van der Waals surface area contributed by atoms with Crippen LogP contribution < -0.4 is 10.1 Å². The van der Waals surface area contributed by atoms with Gasteiger partial charge in [-0.3, -0.25) is 4.79 Å². The molecule has 0 aliphatic carbocycles. The standard InChI is InChI=1S/C20H23NO5/c1-12-5-8-17(15(9-12)20(2,3)4)26-11-18(23)21-13-6-7-14(19(24)25)16(22)10-13/h5-10,22H,11H2,1-4H3,(H,21,23)(H,24,25). The average molecular weight is 357 g/mol. The van der Waals surface area contributed by atoms with Gasteiger partial charge >= 0.3 is 5.97 Å². The van der Waals surface area contributed by atoms with Crippen molar-refractivity contribution >= 4 is 17.6 Å². The molecule has 0 fully saturated rings. The van der Waals surface area contributed by atoms with Crippen LogP contribution in [0.1, 0.15) is 42.3 Å². The second-order valence-electron chi connectivity index (χ2n) is 7.12. The number of aromatic carboxylic acids is 1. The van der Waals surface area contributed by atoms with Gasteiger partial charge in [-0.25, -0.2) is 4.79 Å². The van der Waals surface area contributed by atoms with Gasteiger partial charge in [0.2, 0.25) is 0 Å². The molecule has 0 radical (unpaired) electrons. The fraction of sp³-hybridized carbons (Fsp3) is 0.300. The van der Waals surface area contributed by atoms with Crippen molar-refractivity contribution in [2.45, 2.75) is 33.1 Å². The van der Waals surface area contributed by atoms with E-state index in [1.807, 2.05) is 25.1 Å². The van der Waals surface area contributed by atoms with Gasteiger partial charge in [-0.1, -0.05) is 38.5 Å². The Morgan fingerprint density at radius 2 is 1.81 bits per heavy atom. The van der Waals surface area contributed by atoms with Gasteiger partial charge in [0.15, 0.2) is 6.61 Å². The maximum absolute atomic E-state index is 12.1. The van der Waals surface area contributed by atoms with Crippen molar-refractivity contribution < 1.29 is 24.5 Å². The number of carbonyl (C=O) groups excluding carboxylic acids is 1. The third-order valence-electron chi connectivity index (χ3n) is 3.81. The topological polar surface area (TPSA) is 95.9 Å². The highest BCUT2D eigenvalue weighted by Crippen LogP contribution is 2.32. The fourth-order valence-corrected chi connectivity index (χ4v) is 2.49. The van der Waals surface area contributed by atoms with E-state index in [2.05, 4.69) is 26.1 Å². The zero-order chi connectivity index (χ0) is 19.5. The van der Waals surface area contributed by atoms with Gasteiger partial charge < -0.3 is 20.3 Å². The lowest BCUT2D eigenvalue weighted by atomic mass is 9.85. The average Bonchev–Trinajstić information content (AvgIpc) is 2.52. The van der Waals surface area contributed by atoms with E-state index in [-0.39, 0.29) is 17.6 Å². The second kappa shape index (κ2) is 7.47. The first kappa shape index (κ1) is 19.3. The van der Waals surface area contributed by atoms with Crippen LogP contribution in [-0.4, -0.2) is 28.7 Å². The highest BCUT2D eigenvalue weighted by Gasteiger charge is 2.20. The van der Waals surface area contributed by atoms with Crippen molar-refractivity contribution in [3.05, 3.63) is 53.1 Å². The Balaban J connectivity index is 2.06. The minimum atomic E-state index is -1.24. The Labute approximate surface area is 152 Å². The number of rotatable bonds is 5. The smallest absolute Gasteiger partial charge is 0.339 e. The predicted octanol–water partition coefficient (Wildman–Crippen LogP) is 3.71. The van der Waals surface area contributed by atoms with Crippen LogP contribution in [0.3, 0.4) is 0 Å². The molecule has 0 saturated carbocycles. The SMILES string of the molecule is Cc1ccc(OCC(=O)Nc2ccc(C(=O)O)c(O)c2)c(C(C)(C)C)c1. The summed E-state index contributed by atoms with van der Waals surface area (Å²) in [5, 5.41) is 21.1. The van der Waals surface area contributed by atoms with Crippen LogP contribution in [0.25, 0.3) is 0 Å². The molecule has 2 aromatic rings. The third-order valence-corrected chi connectivity index (χ3v) is 3.81. The lowest BCUT2D eigenvalue weighted by Gasteiger charge is -2.23. The Morgan fingerprint density at radius 3 is 2.38 bits per heavy atom. The first-order chi connectivity index (χ1) is 12.1. The van der Waals surface area contributed by atoms with E-state index in [0.717, 1.165) is 11.1 Å². The summed E-state index contributed by atoms with van der Waals surface area (Å²) >= 11 is 0. The molecule has 3 N–H and O–H groups in total. The molecule has 6 nitrogen and oxygen atoms in total. The number of carbonyl (C=O) groups is 2. The number of anilines is 1. The van der Waals surface area contributed by atoms with Gasteiger partial charge in [-0.2, -0.15) is 0 Å². The van der Waals surface area contributed by atoms with E-state index < -0.39 is 17.6 Å². The van der Waals surface area contributed by atoms with E-state index in [1.165, 1.54) is 18.2 Å². The Bertz CT molecular complexity index is 837. The van der Waals surface area contributed by atoms with E-state index in [9.17, 15) is 14.7 Å². The normalized spacial score (nSPS) is 11.1. The first-order valence-corrected chi connectivity index (χ1v) is 8.18. The lowest BCUT2D eigenvalue weighted by molar-refractivity contribution is -0.118. The molecule has 0 aromatic heterocycles. The first-order valence-electron chi connectivity index (χ1n) is 8.18. The molecule has 26 heavy (non-hydrogen) atoms. The quantitative estimate of drug-likeness (QED) is 0.758. The van der Waals surface area contributed by atoms with Crippen molar-refractivity contribution in [2.24, 2.45) is 0 Å². The summed E-state index contributed by atoms with van der Waals surface area (Å²) in [5.74, 6) is -1.42. The fourth-order valence-electron chi connectivity index (χ4n) is 2.49. The zero-order valence-electron chi connectivity index (χ0n) is 15.3. The minimum Gasteiger partial charge on any atom is -0.507 e. The molecule has 0 aliphatic heterocycles. The van der Waals surface area contributed by atoms with Crippen LogP contribution in [0.5, 0.6) is 11.5 Å². The summed E-state index contributed by atoms with van der Waals surface area (Å²) in [6.45, 7) is 8.01. The predicted molar refractivity (Wildman–Crippen MR) is 99.1 cm³/mol. The number of ether oxygens (including phenoxy) is 1. The van der Waals surface area contributed by atoms with Gasteiger partial charge in [0.05, 0.1) is 0 Å². The summed E-state index contributed by atoms with van der Waals surface area (Å²) < 4.78 is 5.68. The molecule has 0 heterocycles. The van der Waals surface area contributed by atoms with Crippen LogP contribution in [-0.2, 0) is 10.2 Å². The van der Waals surface area contributed by atoms with Crippen LogP contribution in [0.15, 0.2) is 36.4 Å². The Kier molecular flexibility index (Phi) is 5.55. The molecule has 0 aliphatic rings. The maximum atomic E-state index is 12.1. The number of hydrogen-bond acceptors (Lipinski definition) is 4. The van der Waals surface area contributed by atoms with Gasteiger partial charge in [-0.05, 0) is 36.1 Å². The number of amides is 1. The van der Waals surface area contributed by atoms with Crippen molar-refractivity contribution in [3.8, 4) is 11.5 Å². The third kappa shape index (κ3) is 4.75. The van der Waals surface area contributed by atoms with Crippen molar-refractivity contribution in [1.29, 1.82) is 0 Å². The highest BCUT2D eigenvalue weighted by molar-refractivity contribution is 5.95. The van der Waals surface area contributed by atoms with Crippen LogP contribution in [0.4, 0.5) is 5.69 Å². The molecule has 1 amide bonds. The maximum Gasteiger partial charge on any atom is 0.339 e. The molecule has 0 saturated heterocycles. The Hall–Kier alpha value is -3.02. The highest BCUT2D eigenvalue weighted by atomic mass is 16.5. The molecule has 0 unspecified atom stereocenters. The lowest BCUT2D eigenvalue weighted by Crippen LogP contribution is -2.22. The summed E-state index contributed by atoms with van der Waals surface area (Å²) in [4.78, 5) is 23.0. The van der Waals surface area contributed by atoms with Crippen molar-refractivity contribution in [3.63, 3.8) is 0 Å². The molecular weight excluding hydrogens is 334 g/mol. The van der Waals surface area contributed by atoms with Gasteiger partial charge in [-0.15, -0.1) is 0 Å². The molecule has 2 rings (SSSR count). The number of hydrogen-bond donors (Lipinski definition) is 3. The van der Waals surface area contributed by atoms with Gasteiger partial charge in [0, 0.05) is 11.8 Å². The van der Waals surface area contributed by atoms with Crippen molar-refractivity contribution in [2.75, 3.05) is 11.9 Å². The summed E-state index contributed by atoms with van der Waals surface area (Å²) in [6.07, 6.45) is 0.